The minimum Gasteiger partial charge on any atom is -0.462 e. The zero-order chi connectivity index (χ0) is 33.5. The van der Waals surface area contributed by atoms with Crippen molar-refractivity contribution in [3.05, 3.63) is 0 Å². The average Bonchev–Trinajstić information content (AvgIpc) is 3.01. The highest BCUT2D eigenvalue weighted by Gasteiger charge is 2.31. The lowest BCUT2D eigenvalue weighted by Crippen LogP contribution is -2.41. The average molecular weight is 653 g/mol. The third-order valence-corrected chi connectivity index (χ3v) is 9.30. The summed E-state index contributed by atoms with van der Waals surface area (Å²) >= 11 is 0. The quantitative estimate of drug-likeness (QED) is 0.0532. The Balaban J connectivity index is 2.03. The van der Waals surface area contributed by atoms with Gasteiger partial charge >= 0.3 is 11.9 Å². The van der Waals surface area contributed by atoms with E-state index in [4.69, 9.17) is 18.9 Å². The first kappa shape index (κ1) is 42.9. The third-order valence-electron chi connectivity index (χ3n) is 9.30. The molecule has 6 nitrogen and oxygen atoms in total. The van der Waals surface area contributed by atoms with Crippen LogP contribution in [0.2, 0.25) is 0 Å². The van der Waals surface area contributed by atoms with Gasteiger partial charge in [0.25, 0.3) is 0 Å². The summed E-state index contributed by atoms with van der Waals surface area (Å²) in [4.78, 5) is 24.8. The molecule has 0 spiro atoms. The highest BCUT2D eigenvalue weighted by Crippen LogP contribution is 2.24. The monoisotopic (exact) mass is 653 g/mol. The van der Waals surface area contributed by atoms with Crippen molar-refractivity contribution >= 4 is 11.9 Å². The molecule has 0 aliphatic carbocycles. The van der Waals surface area contributed by atoms with Gasteiger partial charge in [-0.2, -0.15) is 0 Å². The summed E-state index contributed by atoms with van der Waals surface area (Å²) < 4.78 is 23.1. The molecule has 1 rings (SSSR count). The standard InChI is InChI=1S/C40H76O6/c1-5-7-9-11-13-15-17-19-21-23-25-27-29-31-37(41)43-35(3)33-39-44-36(4)34-40(46-39)45-38(42)32-30-28-26-24-22-20-18-16-14-12-10-8-6-2/h35-36,39-40H,5-34H2,1-4H3. The van der Waals surface area contributed by atoms with E-state index in [1.165, 1.54) is 141 Å². The highest BCUT2D eigenvalue weighted by molar-refractivity contribution is 5.69. The molecule has 1 aliphatic rings. The van der Waals surface area contributed by atoms with Crippen molar-refractivity contribution in [2.24, 2.45) is 0 Å². The molecule has 0 aromatic heterocycles. The molecule has 4 atom stereocenters. The van der Waals surface area contributed by atoms with Gasteiger partial charge < -0.3 is 18.9 Å². The number of rotatable bonds is 32. The Morgan fingerprint density at radius 2 is 0.935 bits per heavy atom. The first-order valence-electron chi connectivity index (χ1n) is 20.1. The number of carbonyl (C=O) groups is 2. The summed E-state index contributed by atoms with van der Waals surface area (Å²) in [5, 5.41) is 0. The van der Waals surface area contributed by atoms with Crippen LogP contribution in [0.5, 0.6) is 0 Å². The summed E-state index contributed by atoms with van der Waals surface area (Å²) in [5.41, 5.74) is 0. The van der Waals surface area contributed by atoms with Crippen molar-refractivity contribution in [1.82, 2.24) is 0 Å². The van der Waals surface area contributed by atoms with E-state index >= 15 is 0 Å². The molecule has 0 radical (unpaired) electrons. The third kappa shape index (κ3) is 26.9. The van der Waals surface area contributed by atoms with E-state index in [0.717, 1.165) is 25.7 Å². The predicted molar refractivity (Wildman–Crippen MR) is 191 cm³/mol. The first-order valence-corrected chi connectivity index (χ1v) is 20.1. The SMILES string of the molecule is CCCCCCCCCCCCCCCC(=O)OC(C)CC1OC(C)CC(OC(=O)CCCCCCCCCCCCCCC)O1. The fourth-order valence-corrected chi connectivity index (χ4v) is 6.41. The molecule has 46 heavy (non-hydrogen) atoms. The van der Waals surface area contributed by atoms with Gasteiger partial charge in [0.15, 0.2) is 6.29 Å². The van der Waals surface area contributed by atoms with Crippen molar-refractivity contribution in [3.8, 4) is 0 Å². The van der Waals surface area contributed by atoms with Crippen LogP contribution in [0.15, 0.2) is 0 Å². The van der Waals surface area contributed by atoms with Crippen LogP contribution in [0.1, 0.15) is 220 Å². The second kappa shape index (κ2) is 31.1. The van der Waals surface area contributed by atoms with E-state index in [-0.39, 0.29) is 24.1 Å². The zero-order valence-corrected chi connectivity index (χ0v) is 31.0. The van der Waals surface area contributed by atoms with E-state index in [9.17, 15) is 9.59 Å². The van der Waals surface area contributed by atoms with E-state index in [1.807, 2.05) is 13.8 Å². The number of carbonyl (C=O) groups excluding carboxylic acids is 2. The summed E-state index contributed by atoms with van der Waals surface area (Å²) in [7, 11) is 0. The van der Waals surface area contributed by atoms with Gasteiger partial charge in [-0.15, -0.1) is 0 Å². The van der Waals surface area contributed by atoms with E-state index < -0.39 is 12.6 Å². The minimum atomic E-state index is -0.600. The van der Waals surface area contributed by atoms with Gasteiger partial charge in [-0.05, 0) is 26.7 Å². The lowest BCUT2D eigenvalue weighted by molar-refractivity contribution is -0.300. The van der Waals surface area contributed by atoms with Crippen LogP contribution < -0.4 is 0 Å². The molecule has 0 bridgehead atoms. The van der Waals surface area contributed by atoms with Crippen molar-refractivity contribution < 1.29 is 28.5 Å². The lowest BCUT2D eigenvalue weighted by Gasteiger charge is -2.34. The summed E-state index contributed by atoms with van der Waals surface area (Å²) in [6.45, 7) is 8.38. The fraction of sp³-hybridized carbons (Fsp3) is 0.950. The van der Waals surface area contributed by atoms with E-state index in [2.05, 4.69) is 13.8 Å². The topological polar surface area (TPSA) is 71.1 Å². The molecule has 0 aromatic carbocycles. The van der Waals surface area contributed by atoms with Crippen LogP contribution in [0.3, 0.4) is 0 Å². The summed E-state index contributed by atoms with van der Waals surface area (Å²) in [6.07, 6.45) is 33.7. The zero-order valence-electron chi connectivity index (χ0n) is 31.0. The number of ether oxygens (including phenoxy) is 4. The molecule has 1 aliphatic heterocycles. The number of unbranched alkanes of at least 4 members (excludes halogenated alkanes) is 24. The van der Waals surface area contributed by atoms with Gasteiger partial charge in [0.2, 0.25) is 6.29 Å². The van der Waals surface area contributed by atoms with Crippen LogP contribution in [-0.2, 0) is 28.5 Å². The molecule has 0 saturated carbocycles. The van der Waals surface area contributed by atoms with Crippen molar-refractivity contribution in [3.63, 3.8) is 0 Å². The molecule has 272 valence electrons. The van der Waals surface area contributed by atoms with Crippen molar-refractivity contribution in [2.45, 2.75) is 245 Å². The molecule has 1 fully saturated rings. The maximum atomic E-state index is 12.4. The van der Waals surface area contributed by atoms with Crippen molar-refractivity contribution in [1.29, 1.82) is 0 Å². The molecular weight excluding hydrogens is 576 g/mol. The Labute approximate surface area is 285 Å². The largest absolute Gasteiger partial charge is 0.462 e. The summed E-state index contributed by atoms with van der Waals surface area (Å²) in [5.74, 6) is -0.349. The minimum absolute atomic E-state index is 0.0819. The second-order valence-corrected chi connectivity index (χ2v) is 14.2. The second-order valence-electron chi connectivity index (χ2n) is 14.2. The Kier molecular flexibility index (Phi) is 29.0. The highest BCUT2D eigenvalue weighted by atomic mass is 16.8. The molecule has 0 amide bonds. The molecule has 1 heterocycles. The maximum Gasteiger partial charge on any atom is 0.308 e. The molecule has 6 heteroatoms. The van der Waals surface area contributed by atoms with Crippen LogP contribution in [0, 0.1) is 0 Å². The van der Waals surface area contributed by atoms with E-state index in [1.54, 1.807) is 0 Å². The Morgan fingerprint density at radius 1 is 0.565 bits per heavy atom. The van der Waals surface area contributed by atoms with Crippen LogP contribution in [-0.4, -0.2) is 36.7 Å². The van der Waals surface area contributed by atoms with Gasteiger partial charge in [0.1, 0.15) is 6.10 Å². The van der Waals surface area contributed by atoms with Gasteiger partial charge in [-0.1, -0.05) is 168 Å². The maximum absolute atomic E-state index is 12.4. The smallest absolute Gasteiger partial charge is 0.308 e. The first-order chi connectivity index (χ1) is 22.4. The van der Waals surface area contributed by atoms with E-state index in [0.29, 0.717) is 25.7 Å². The number of esters is 2. The summed E-state index contributed by atoms with van der Waals surface area (Å²) in [6, 6.07) is 0. The Bertz CT molecular complexity index is 695. The van der Waals surface area contributed by atoms with Gasteiger partial charge in [-0.25, -0.2) is 0 Å². The van der Waals surface area contributed by atoms with Crippen LogP contribution >= 0.6 is 0 Å². The van der Waals surface area contributed by atoms with Crippen LogP contribution in [0.25, 0.3) is 0 Å². The Morgan fingerprint density at radius 3 is 1.35 bits per heavy atom. The number of hydrogen-bond acceptors (Lipinski definition) is 6. The fourth-order valence-electron chi connectivity index (χ4n) is 6.41. The van der Waals surface area contributed by atoms with Gasteiger partial charge in [-0.3, -0.25) is 9.59 Å². The molecular formula is C40H76O6. The Hall–Kier alpha value is -1.14. The van der Waals surface area contributed by atoms with Crippen LogP contribution in [0.4, 0.5) is 0 Å². The normalized spacial score (nSPS) is 18.8. The number of hydrogen-bond donors (Lipinski definition) is 0. The predicted octanol–water partition coefficient (Wildman–Crippen LogP) is 12.3. The van der Waals surface area contributed by atoms with Gasteiger partial charge in [0, 0.05) is 25.7 Å². The lowest BCUT2D eigenvalue weighted by atomic mass is 10.0. The molecule has 4 unspecified atom stereocenters. The van der Waals surface area contributed by atoms with Gasteiger partial charge in [0.05, 0.1) is 6.10 Å². The molecule has 1 saturated heterocycles. The molecule has 0 N–H and O–H groups in total. The molecule has 0 aromatic rings. The van der Waals surface area contributed by atoms with Crippen molar-refractivity contribution in [2.75, 3.05) is 0 Å².